The fourth-order valence-corrected chi connectivity index (χ4v) is 2.10. The molecule has 0 radical (unpaired) electrons. The summed E-state index contributed by atoms with van der Waals surface area (Å²) in [6.07, 6.45) is 0. The van der Waals surface area contributed by atoms with Crippen molar-refractivity contribution in [2.24, 2.45) is 0 Å². The molecule has 0 spiro atoms. The molecule has 2 rings (SSSR count). The first-order valence-electron chi connectivity index (χ1n) is 5.45. The van der Waals surface area contributed by atoms with Gasteiger partial charge in [0.2, 0.25) is 0 Å². The van der Waals surface area contributed by atoms with Crippen molar-refractivity contribution < 1.29 is 0 Å². The average Bonchev–Trinajstić information content (AvgIpc) is 2.22. The molecule has 2 nitrogen and oxygen atoms in total. The van der Waals surface area contributed by atoms with Gasteiger partial charge in [0.15, 0.2) is 0 Å². The van der Waals surface area contributed by atoms with Crippen LogP contribution in [0.15, 0.2) is 40.9 Å². The maximum atomic E-state index is 5.82. The Morgan fingerprint density at radius 2 is 1.76 bits per heavy atom. The molecule has 0 unspecified atom stereocenters. The number of benzene rings is 2. The van der Waals surface area contributed by atoms with Gasteiger partial charge in [-0.15, -0.1) is 0 Å². The van der Waals surface area contributed by atoms with Gasteiger partial charge in [-0.2, -0.15) is 0 Å². The van der Waals surface area contributed by atoms with Crippen LogP contribution in [0.1, 0.15) is 11.1 Å². The van der Waals surface area contributed by atoms with Gasteiger partial charge in [0, 0.05) is 21.5 Å². The van der Waals surface area contributed by atoms with Crippen molar-refractivity contribution in [2.75, 3.05) is 11.1 Å². The molecule has 3 N–H and O–H groups in total. The summed E-state index contributed by atoms with van der Waals surface area (Å²) in [5.41, 5.74) is 11.0. The van der Waals surface area contributed by atoms with E-state index < -0.39 is 0 Å². The predicted octanol–water partition coefficient (Wildman–Crippen LogP) is 4.39. The average molecular weight is 291 g/mol. The number of rotatable bonds is 2. The lowest BCUT2D eigenvalue weighted by atomic mass is 10.2. The number of hydrogen-bond acceptors (Lipinski definition) is 2. The summed E-state index contributed by atoms with van der Waals surface area (Å²) < 4.78 is 1.10. The van der Waals surface area contributed by atoms with Gasteiger partial charge in [0.05, 0.1) is 0 Å². The molecule has 0 aliphatic carbocycles. The molecule has 0 saturated carbocycles. The van der Waals surface area contributed by atoms with Crippen LogP contribution in [0.4, 0.5) is 17.1 Å². The topological polar surface area (TPSA) is 38.0 Å². The van der Waals surface area contributed by atoms with Gasteiger partial charge in [0.1, 0.15) is 0 Å². The van der Waals surface area contributed by atoms with Crippen molar-refractivity contribution in [3.8, 4) is 0 Å². The Labute approximate surface area is 110 Å². The van der Waals surface area contributed by atoms with E-state index in [0.29, 0.717) is 0 Å². The van der Waals surface area contributed by atoms with E-state index >= 15 is 0 Å². The van der Waals surface area contributed by atoms with E-state index in [1.54, 1.807) is 0 Å². The van der Waals surface area contributed by atoms with E-state index in [2.05, 4.69) is 52.4 Å². The van der Waals surface area contributed by atoms with Gasteiger partial charge in [-0.05, 0) is 55.3 Å². The maximum Gasteiger partial charge on any atom is 0.0407 e. The zero-order valence-corrected chi connectivity index (χ0v) is 11.5. The SMILES string of the molecule is Cc1cc(N)cc(Nc2ccc(C)c(Br)c2)c1. The number of hydrogen-bond donors (Lipinski definition) is 2. The summed E-state index contributed by atoms with van der Waals surface area (Å²) in [5.74, 6) is 0. The van der Waals surface area contributed by atoms with Crippen LogP contribution in [-0.2, 0) is 0 Å². The van der Waals surface area contributed by atoms with Gasteiger partial charge >= 0.3 is 0 Å². The highest BCUT2D eigenvalue weighted by molar-refractivity contribution is 9.10. The van der Waals surface area contributed by atoms with Crippen molar-refractivity contribution in [1.82, 2.24) is 0 Å². The number of nitrogens with two attached hydrogens (primary N) is 1. The zero-order chi connectivity index (χ0) is 12.4. The van der Waals surface area contributed by atoms with Gasteiger partial charge in [0.25, 0.3) is 0 Å². The molecule has 0 fully saturated rings. The van der Waals surface area contributed by atoms with Crippen LogP contribution in [0.2, 0.25) is 0 Å². The quantitative estimate of drug-likeness (QED) is 0.805. The molecule has 2 aromatic rings. The fraction of sp³-hybridized carbons (Fsp3) is 0.143. The van der Waals surface area contributed by atoms with Gasteiger partial charge in [-0.1, -0.05) is 22.0 Å². The smallest absolute Gasteiger partial charge is 0.0407 e. The van der Waals surface area contributed by atoms with Crippen molar-refractivity contribution in [3.05, 3.63) is 52.0 Å². The largest absolute Gasteiger partial charge is 0.399 e. The molecule has 0 amide bonds. The predicted molar refractivity (Wildman–Crippen MR) is 77.8 cm³/mol. The Bertz CT molecular complexity index is 530. The van der Waals surface area contributed by atoms with Crippen LogP contribution in [-0.4, -0.2) is 0 Å². The highest BCUT2D eigenvalue weighted by Crippen LogP contribution is 2.25. The highest BCUT2D eigenvalue weighted by Gasteiger charge is 2.00. The lowest BCUT2D eigenvalue weighted by Gasteiger charge is -2.09. The standard InChI is InChI=1S/C14H15BrN2/c1-9-5-11(16)7-13(6-9)17-12-4-3-10(2)14(15)8-12/h3-8,17H,16H2,1-2H3. The normalized spacial score (nSPS) is 10.3. The van der Waals surface area contributed by atoms with E-state index in [-0.39, 0.29) is 0 Å². The third kappa shape index (κ3) is 3.01. The number of halogens is 1. The van der Waals surface area contributed by atoms with Crippen LogP contribution in [0.5, 0.6) is 0 Å². The minimum Gasteiger partial charge on any atom is -0.399 e. The number of nitrogen functional groups attached to an aromatic ring is 1. The van der Waals surface area contributed by atoms with Crippen LogP contribution in [0.3, 0.4) is 0 Å². The van der Waals surface area contributed by atoms with Gasteiger partial charge in [-0.25, -0.2) is 0 Å². The Morgan fingerprint density at radius 1 is 1.00 bits per heavy atom. The molecule has 88 valence electrons. The molecule has 17 heavy (non-hydrogen) atoms. The van der Waals surface area contributed by atoms with E-state index in [9.17, 15) is 0 Å². The summed E-state index contributed by atoms with van der Waals surface area (Å²) in [5, 5.41) is 3.34. The molecule has 3 heteroatoms. The molecule has 2 aromatic carbocycles. The summed E-state index contributed by atoms with van der Waals surface area (Å²) in [7, 11) is 0. The van der Waals surface area contributed by atoms with Crippen LogP contribution < -0.4 is 11.1 Å². The number of aryl methyl sites for hydroxylation is 2. The molecule has 0 bridgehead atoms. The first-order chi connectivity index (χ1) is 8.04. The van der Waals surface area contributed by atoms with E-state index in [4.69, 9.17) is 5.73 Å². The molecular formula is C14H15BrN2. The summed E-state index contributed by atoms with van der Waals surface area (Å²) in [4.78, 5) is 0. The maximum absolute atomic E-state index is 5.82. The third-order valence-corrected chi connectivity index (χ3v) is 3.41. The Hall–Kier alpha value is -1.48. The number of anilines is 3. The second-order valence-electron chi connectivity index (χ2n) is 4.22. The molecule has 0 aliphatic heterocycles. The lowest BCUT2D eigenvalue weighted by Crippen LogP contribution is -1.94. The van der Waals surface area contributed by atoms with Crippen molar-refractivity contribution in [3.63, 3.8) is 0 Å². The van der Waals surface area contributed by atoms with Crippen LogP contribution >= 0.6 is 15.9 Å². The Kier molecular flexibility index (Phi) is 3.38. The summed E-state index contributed by atoms with van der Waals surface area (Å²) in [6.45, 7) is 4.10. The Balaban J connectivity index is 2.28. The minimum atomic E-state index is 0.777. The Morgan fingerprint density at radius 3 is 2.41 bits per heavy atom. The second kappa shape index (κ2) is 4.80. The molecule has 0 atom stereocenters. The van der Waals surface area contributed by atoms with E-state index in [1.807, 2.05) is 19.1 Å². The monoisotopic (exact) mass is 290 g/mol. The lowest BCUT2D eigenvalue weighted by molar-refractivity contribution is 1.41. The first-order valence-corrected chi connectivity index (χ1v) is 6.24. The number of nitrogens with one attached hydrogen (secondary N) is 1. The third-order valence-electron chi connectivity index (χ3n) is 2.56. The molecular weight excluding hydrogens is 276 g/mol. The molecule has 0 heterocycles. The molecule has 0 saturated heterocycles. The fourth-order valence-electron chi connectivity index (χ4n) is 1.72. The summed E-state index contributed by atoms with van der Waals surface area (Å²) >= 11 is 3.52. The van der Waals surface area contributed by atoms with Crippen molar-refractivity contribution in [1.29, 1.82) is 0 Å². The van der Waals surface area contributed by atoms with Crippen LogP contribution in [0, 0.1) is 13.8 Å². The van der Waals surface area contributed by atoms with Crippen molar-refractivity contribution >= 4 is 33.0 Å². The van der Waals surface area contributed by atoms with Crippen molar-refractivity contribution in [2.45, 2.75) is 13.8 Å². The first kappa shape index (κ1) is 12.0. The van der Waals surface area contributed by atoms with Gasteiger partial charge in [-0.3, -0.25) is 0 Å². The molecule has 0 aromatic heterocycles. The highest BCUT2D eigenvalue weighted by atomic mass is 79.9. The summed E-state index contributed by atoms with van der Waals surface area (Å²) in [6, 6.07) is 12.2. The van der Waals surface area contributed by atoms with Crippen LogP contribution in [0.25, 0.3) is 0 Å². The van der Waals surface area contributed by atoms with E-state index in [1.165, 1.54) is 5.56 Å². The zero-order valence-electron chi connectivity index (χ0n) is 9.92. The van der Waals surface area contributed by atoms with E-state index in [0.717, 1.165) is 27.1 Å². The van der Waals surface area contributed by atoms with Gasteiger partial charge < -0.3 is 11.1 Å². The second-order valence-corrected chi connectivity index (χ2v) is 5.08. The molecule has 0 aliphatic rings. The minimum absolute atomic E-state index is 0.777.